The summed E-state index contributed by atoms with van der Waals surface area (Å²) in [5, 5.41) is 3.72. The molecule has 1 heterocycles. The van der Waals surface area contributed by atoms with Gasteiger partial charge in [-0.15, -0.1) is 0 Å². The molecule has 0 bridgehead atoms. The second kappa shape index (κ2) is 8.52. The molecule has 0 aliphatic rings. The van der Waals surface area contributed by atoms with Gasteiger partial charge >= 0.3 is 5.63 Å². The minimum Gasteiger partial charge on any atom is -0.484 e. The van der Waals surface area contributed by atoms with E-state index in [1.165, 1.54) is 11.6 Å². The topological polar surface area (TPSA) is 68.5 Å². The van der Waals surface area contributed by atoms with Crippen molar-refractivity contribution in [2.45, 2.75) is 46.0 Å². The molecule has 3 aromatic rings. The van der Waals surface area contributed by atoms with Gasteiger partial charge in [-0.25, -0.2) is 4.79 Å². The number of carbonyl (C=O) groups excluding carboxylic acids is 1. The lowest BCUT2D eigenvalue weighted by molar-refractivity contribution is -0.118. The lowest BCUT2D eigenvalue weighted by Crippen LogP contribution is -2.20. The summed E-state index contributed by atoms with van der Waals surface area (Å²) in [6.07, 6.45) is 1.74. The standard InChI is InChI=1S/C24H27NO4/c1-5-6-16-13-23(27)29-21-14-19(11-12-20(16)21)28-15-22(26)25-18-9-7-17(8-10-18)24(2,3)4/h7-14H,5-6,15H2,1-4H3,(H,25,26). The van der Waals surface area contributed by atoms with E-state index in [1.54, 1.807) is 12.1 Å². The highest BCUT2D eigenvalue weighted by Gasteiger charge is 2.13. The maximum absolute atomic E-state index is 12.2. The van der Waals surface area contributed by atoms with Crippen LogP contribution in [0.15, 0.2) is 57.7 Å². The fourth-order valence-electron chi connectivity index (χ4n) is 3.18. The number of hydrogen-bond acceptors (Lipinski definition) is 4. The van der Waals surface area contributed by atoms with Crippen molar-refractivity contribution in [1.82, 2.24) is 0 Å². The zero-order chi connectivity index (χ0) is 21.0. The predicted octanol–water partition coefficient (Wildman–Crippen LogP) is 5.06. The molecule has 1 amide bonds. The van der Waals surface area contributed by atoms with Gasteiger partial charge in [0.2, 0.25) is 0 Å². The van der Waals surface area contributed by atoms with E-state index in [9.17, 15) is 9.59 Å². The number of rotatable bonds is 6. The first-order chi connectivity index (χ1) is 13.8. The van der Waals surface area contributed by atoms with E-state index in [4.69, 9.17) is 9.15 Å². The van der Waals surface area contributed by atoms with Crippen molar-refractivity contribution in [3.63, 3.8) is 0 Å². The SMILES string of the molecule is CCCc1cc(=O)oc2cc(OCC(=O)Nc3ccc(C(C)(C)C)cc3)ccc12. The number of ether oxygens (including phenoxy) is 1. The third kappa shape index (κ3) is 5.25. The van der Waals surface area contributed by atoms with Gasteiger partial charge in [0.05, 0.1) is 0 Å². The van der Waals surface area contributed by atoms with E-state index >= 15 is 0 Å². The molecule has 0 atom stereocenters. The van der Waals surface area contributed by atoms with Crippen LogP contribution in [0.1, 0.15) is 45.2 Å². The number of amides is 1. The van der Waals surface area contributed by atoms with E-state index in [1.807, 2.05) is 30.3 Å². The van der Waals surface area contributed by atoms with Gasteiger partial charge in [0.25, 0.3) is 5.91 Å². The van der Waals surface area contributed by atoms with Crippen molar-refractivity contribution in [2.24, 2.45) is 0 Å². The quantitative estimate of drug-likeness (QED) is 0.594. The Hall–Kier alpha value is -3.08. The molecule has 0 aliphatic carbocycles. The number of carbonyl (C=O) groups is 1. The molecule has 152 valence electrons. The maximum atomic E-state index is 12.2. The Kier molecular flexibility index (Phi) is 6.06. The van der Waals surface area contributed by atoms with Crippen molar-refractivity contribution >= 4 is 22.6 Å². The molecular formula is C24H27NO4. The van der Waals surface area contributed by atoms with Crippen LogP contribution in [0.3, 0.4) is 0 Å². The zero-order valence-corrected chi connectivity index (χ0v) is 17.4. The normalized spacial score (nSPS) is 11.4. The van der Waals surface area contributed by atoms with E-state index in [-0.39, 0.29) is 23.6 Å². The Morgan fingerprint density at radius 1 is 1.07 bits per heavy atom. The summed E-state index contributed by atoms with van der Waals surface area (Å²) in [6.45, 7) is 8.36. The highest BCUT2D eigenvalue weighted by molar-refractivity contribution is 5.92. The van der Waals surface area contributed by atoms with Gasteiger partial charge in [0.1, 0.15) is 11.3 Å². The monoisotopic (exact) mass is 393 g/mol. The molecule has 0 spiro atoms. The number of hydrogen-bond donors (Lipinski definition) is 1. The molecule has 1 aromatic heterocycles. The second-order valence-electron chi connectivity index (χ2n) is 8.16. The predicted molar refractivity (Wildman–Crippen MR) is 116 cm³/mol. The molecule has 2 aromatic carbocycles. The minimum absolute atomic E-state index is 0.0632. The Labute approximate surface area is 170 Å². The molecule has 0 unspecified atom stereocenters. The van der Waals surface area contributed by atoms with E-state index in [0.717, 1.165) is 29.5 Å². The highest BCUT2D eigenvalue weighted by atomic mass is 16.5. The fraction of sp³-hybridized carbons (Fsp3) is 0.333. The highest BCUT2D eigenvalue weighted by Crippen LogP contribution is 2.25. The molecule has 0 saturated heterocycles. The van der Waals surface area contributed by atoms with Crippen LogP contribution < -0.4 is 15.7 Å². The molecule has 3 rings (SSSR count). The first-order valence-corrected chi connectivity index (χ1v) is 9.86. The molecule has 0 aliphatic heterocycles. The van der Waals surface area contributed by atoms with Gasteiger partial charge < -0.3 is 14.5 Å². The summed E-state index contributed by atoms with van der Waals surface area (Å²) in [7, 11) is 0. The third-order valence-electron chi connectivity index (χ3n) is 4.73. The van der Waals surface area contributed by atoms with E-state index in [0.29, 0.717) is 11.3 Å². The molecular weight excluding hydrogens is 366 g/mol. The van der Waals surface area contributed by atoms with Crippen LogP contribution >= 0.6 is 0 Å². The van der Waals surface area contributed by atoms with Crippen LogP contribution in [-0.4, -0.2) is 12.5 Å². The first kappa shape index (κ1) is 20.6. The van der Waals surface area contributed by atoms with Crippen LogP contribution in [-0.2, 0) is 16.6 Å². The summed E-state index contributed by atoms with van der Waals surface area (Å²) in [5.74, 6) is 0.224. The van der Waals surface area contributed by atoms with Crippen molar-refractivity contribution in [3.05, 3.63) is 70.1 Å². The average Bonchev–Trinajstić information content (AvgIpc) is 2.66. The fourth-order valence-corrected chi connectivity index (χ4v) is 3.18. The number of aryl methyl sites for hydroxylation is 1. The number of fused-ring (bicyclic) bond motifs is 1. The molecule has 0 saturated carbocycles. The molecule has 5 nitrogen and oxygen atoms in total. The van der Waals surface area contributed by atoms with Gasteiger partial charge in [-0.05, 0) is 47.2 Å². The van der Waals surface area contributed by atoms with Gasteiger partial charge in [0.15, 0.2) is 6.61 Å². The lowest BCUT2D eigenvalue weighted by atomic mass is 9.87. The van der Waals surface area contributed by atoms with Crippen molar-refractivity contribution in [2.75, 3.05) is 11.9 Å². The van der Waals surface area contributed by atoms with Crippen molar-refractivity contribution in [1.29, 1.82) is 0 Å². The van der Waals surface area contributed by atoms with Crippen LogP contribution in [0.5, 0.6) is 5.75 Å². The zero-order valence-electron chi connectivity index (χ0n) is 17.4. The number of benzene rings is 2. The summed E-state index contributed by atoms with van der Waals surface area (Å²) in [6, 6.07) is 14.6. The Morgan fingerprint density at radius 2 is 1.79 bits per heavy atom. The van der Waals surface area contributed by atoms with Crippen LogP contribution in [0.25, 0.3) is 11.0 Å². The van der Waals surface area contributed by atoms with Gasteiger partial charge in [-0.3, -0.25) is 4.79 Å². The number of nitrogens with one attached hydrogen (secondary N) is 1. The maximum Gasteiger partial charge on any atom is 0.336 e. The second-order valence-corrected chi connectivity index (χ2v) is 8.16. The molecule has 1 N–H and O–H groups in total. The van der Waals surface area contributed by atoms with E-state index < -0.39 is 0 Å². The molecule has 29 heavy (non-hydrogen) atoms. The van der Waals surface area contributed by atoms with Crippen molar-refractivity contribution < 1.29 is 13.9 Å². The average molecular weight is 393 g/mol. The van der Waals surface area contributed by atoms with Gasteiger partial charge in [-0.2, -0.15) is 0 Å². The third-order valence-corrected chi connectivity index (χ3v) is 4.73. The molecule has 5 heteroatoms. The summed E-state index contributed by atoms with van der Waals surface area (Å²) in [5.41, 5.74) is 3.04. The van der Waals surface area contributed by atoms with Crippen LogP contribution in [0.2, 0.25) is 0 Å². The Balaban J connectivity index is 1.65. The van der Waals surface area contributed by atoms with Gasteiger partial charge in [-0.1, -0.05) is 46.2 Å². The largest absolute Gasteiger partial charge is 0.484 e. The van der Waals surface area contributed by atoms with Gasteiger partial charge in [0, 0.05) is 23.2 Å². The summed E-state index contributed by atoms with van der Waals surface area (Å²) >= 11 is 0. The molecule has 0 fully saturated rings. The smallest absolute Gasteiger partial charge is 0.336 e. The van der Waals surface area contributed by atoms with Crippen LogP contribution in [0.4, 0.5) is 5.69 Å². The van der Waals surface area contributed by atoms with Crippen LogP contribution in [0, 0.1) is 0 Å². The lowest BCUT2D eigenvalue weighted by Gasteiger charge is -2.19. The Morgan fingerprint density at radius 3 is 2.45 bits per heavy atom. The van der Waals surface area contributed by atoms with Crippen molar-refractivity contribution in [3.8, 4) is 5.75 Å². The van der Waals surface area contributed by atoms with E-state index in [2.05, 4.69) is 33.0 Å². The Bertz CT molecular complexity index is 1060. The number of anilines is 1. The first-order valence-electron chi connectivity index (χ1n) is 9.86. The summed E-state index contributed by atoms with van der Waals surface area (Å²) in [4.78, 5) is 24.0. The minimum atomic E-state index is -0.380. The summed E-state index contributed by atoms with van der Waals surface area (Å²) < 4.78 is 10.9. The molecule has 0 radical (unpaired) electrons.